The fourth-order valence-corrected chi connectivity index (χ4v) is 1.59. The number of hydrogen-bond acceptors (Lipinski definition) is 2. The number of hydrogen-bond donors (Lipinski definition) is 1. The zero-order valence-corrected chi connectivity index (χ0v) is 9.16. The Morgan fingerprint density at radius 2 is 1.93 bits per heavy atom. The molecule has 0 radical (unpaired) electrons. The monoisotopic (exact) mass is 193 g/mol. The molecule has 0 aliphatic heterocycles. The molecule has 1 aromatic carbocycles. The van der Waals surface area contributed by atoms with Crippen molar-refractivity contribution < 1.29 is 4.74 Å². The minimum Gasteiger partial charge on any atom is -0.377 e. The van der Waals surface area contributed by atoms with Crippen molar-refractivity contribution in [1.29, 1.82) is 0 Å². The number of rotatable bonds is 4. The summed E-state index contributed by atoms with van der Waals surface area (Å²) in [6, 6.07) is 8.50. The Morgan fingerprint density at radius 1 is 1.29 bits per heavy atom. The number of nitrogens with two attached hydrogens (primary N) is 1. The van der Waals surface area contributed by atoms with Crippen LogP contribution in [0.1, 0.15) is 31.1 Å². The van der Waals surface area contributed by atoms with Crippen molar-refractivity contribution in [3.63, 3.8) is 0 Å². The van der Waals surface area contributed by atoms with Crippen molar-refractivity contribution in [1.82, 2.24) is 0 Å². The highest BCUT2D eigenvalue weighted by Gasteiger charge is 2.09. The smallest absolute Gasteiger partial charge is 0.0795 e. The second-order valence-electron chi connectivity index (χ2n) is 3.76. The SMILES string of the molecule is COC(C)c1ccccc1CC(C)N. The van der Waals surface area contributed by atoms with Gasteiger partial charge in [0.05, 0.1) is 6.10 Å². The molecular formula is C12H19NO. The van der Waals surface area contributed by atoms with Crippen molar-refractivity contribution in [3.8, 4) is 0 Å². The Balaban J connectivity index is 2.91. The van der Waals surface area contributed by atoms with Gasteiger partial charge in [-0.25, -0.2) is 0 Å². The van der Waals surface area contributed by atoms with Gasteiger partial charge in [-0.15, -0.1) is 0 Å². The van der Waals surface area contributed by atoms with Gasteiger partial charge in [0.2, 0.25) is 0 Å². The summed E-state index contributed by atoms with van der Waals surface area (Å²) in [6.45, 7) is 4.08. The Bertz CT molecular complexity index is 283. The van der Waals surface area contributed by atoms with Crippen LogP contribution in [0.2, 0.25) is 0 Å². The maximum Gasteiger partial charge on any atom is 0.0795 e. The lowest BCUT2D eigenvalue weighted by Gasteiger charge is -2.16. The minimum absolute atomic E-state index is 0.143. The molecule has 78 valence electrons. The van der Waals surface area contributed by atoms with Crippen LogP contribution in [0.4, 0.5) is 0 Å². The first kappa shape index (κ1) is 11.2. The largest absolute Gasteiger partial charge is 0.377 e. The van der Waals surface area contributed by atoms with Crippen LogP contribution in [-0.2, 0) is 11.2 Å². The lowest BCUT2D eigenvalue weighted by Crippen LogP contribution is -2.19. The highest BCUT2D eigenvalue weighted by atomic mass is 16.5. The molecule has 2 nitrogen and oxygen atoms in total. The summed E-state index contributed by atoms with van der Waals surface area (Å²) in [7, 11) is 1.73. The molecule has 0 aromatic heterocycles. The second-order valence-corrected chi connectivity index (χ2v) is 3.76. The van der Waals surface area contributed by atoms with E-state index in [2.05, 4.69) is 19.1 Å². The summed E-state index contributed by atoms with van der Waals surface area (Å²) >= 11 is 0. The molecule has 0 heterocycles. The average molecular weight is 193 g/mol. The van der Waals surface area contributed by atoms with Gasteiger partial charge in [0, 0.05) is 13.2 Å². The van der Waals surface area contributed by atoms with Gasteiger partial charge in [-0.1, -0.05) is 24.3 Å². The molecule has 0 saturated carbocycles. The highest BCUT2D eigenvalue weighted by molar-refractivity contribution is 5.29. The Hall–Kier alpha value is -0.860. The third-order valence-corrected chi connectivity index (χ3v) is 2.39. The first-order valence-electron chi connectivity index (χ1n) is 5.01. The zero-order chi connectivity index (χ0) is 10.6. The number of ether oxygens (including phenoxy) is 1. The molecule has 0 saturated heterocycles. The average Bonchev–Trinajstić information content (AvgIpc) is 2.16. The quantitative estimate of drug-likeness (QED) is 0.796. The molecule has 2 atom stereocenters. The number of benzene rings is 1. The molecular weight excluding hydrogens is 174 g/mol. The molecule has 0 bridgehead atoms. The minimum atomic E-state index is 0.143. The Labute approximate surface area is 86.1 Å². The first-order chi connectivity index (χ1) is 6.65. The summed E-state index contributed by atoms with van der Waals surface area (Å²) in [5, 5.41) is 0. The molecule has 0 aliphatic carbocycles. The van der Waals surface area contributed by atoms with Gasteiger partial charge in [0.25, 0.3) is 0 Å². The lowest BCUT2D eigenvalue weighted by molar-refractivity contribution is 0.118. The van der Waals surface area contributed by atoms with Gasteiger partial charge < -0.3 is 10.5 Å². The zero-order valence-electron chi connectivity index (χ0n) is 9.16. The summed E-state index contributed by atoms with van der Waals surface area (Å²) < 4.78 is 5.32. The first-order valence-corrected chi connectivity index (χ1v) is 5.01. The van der Waals surface area contributed by atoms with E-state index >= 15 is 0 Å². The van der Waals surface area contributed by atoms with E-state index in [1.807, 2.05) is 19.1 Å². The summed E-state index contributed by atoms with van der Waals surface area (Å²) in [5.41, 5.74) is 8.33. The topological polar surface area (TPSA) is 35.2 Å². The molecule has 0 fully saturated rings. The van der Waals surface area contributed by atoms with Gasteiger partial charge in [0.15, 0.2) is 0 Å². The van der Waals surface area contributed by atoms with Crippen LogP contribution < -0.4 is 5.73 Å². The van der Waals surface area contributed by atoms with E-state index < -0.39 is 0 Å². The van der Waals surface area contributed by atoms with Crippen LogP contribution in [0.25, 0.3) is 0 Å². The van der Waals surface area contributed by atoms with E-state index in [9.17, 15) is 0 Å². The van der Waals surface area contributed by atoms with Crippen LogP contribution in [0, 0.1) is 0 Å². The van der Waals surface area contributed by atoms with Crippen molar-refractivity contribution in [2.45, 2.75) is 32.4 Å². The van der Waals surface area contributed by atoms with Gasteiger partial charge in [-0.2, -0.15) is 0 Å². The van der Waals surface area contributed by atoms with E-state index in [1.165, 1.54) is 11.1 Å². The molecule has 0 aliphatic rings. The molecule has 0 spiro atoms. The molecule has 2 unspecified atom stereocenters. The fourth-order valence-electron chi connectivity index (χ4n) is 1.59. The summed E-state index contributed by atoms with van der Waals surface area (Å²) in [4.78, 5) is 0. The van der Waals surface area contributed by atoms with Crippen LogP contribution in [0.5, 0.6) is 0 Å². The van der Waals surface area contributed by atoms with Crippen LogP contribution >= 0.6 is 0 Å². The molecule has 2 N–H and O–H groups in total. The van der Waals surface area contributed by atoms with E-state index in [0.717, 1.165) is 6.42 Å². The second kappa shape index (κ2) is 5.13. The van der Waals surface area contributed by atoms with E-state index in [1.54, 1.807) is 7.11 Å². The Morgan fingerprint density at radius 3 is 2.50 bits per heavy atom. The fraction of sp³-hybridized carbons (Fsp3) is 0.500. The van der Waals surface area contributed by atoms with Crippen LogP contribution in [-0.4, -0.2) is 13.2 Å². The van der Waals surface area contributed by atoms with E-state index in [4.69, 9.17) is 10.5 Å². The van der Waals surface area contributed by atoms with Gasteiger partial charge in [0.1, 0.15) is 0 Å². The summed E-state index contributed by atoms with van der Waals surface area (Å²) in [5.74, 6) is 0. The normalized spacial score (nSPS) is 15.1. The standard InChI is InChI=1S/C12H19NO/c1-9(13)8-11-6-4-5-7-12(11)10(2)14-3/h4-7,9-10H,8,13H2,1-3H3. The maximum absolute atomic E-state index is 5.79. The van der Waals surface area contributed by atoms with Gasteiger partial charge >= 0.3 is 0 Å². The number of methoxy groups -OCH3 is 1. The molecule has 0 amide bonds. The van der Waals surface area contributed by atoms with Crippen LogP contribution in [0.3, 0.4) is 0 Å². The molecule has 1 rings (SSSR count). The van der Waals surface area contributed by atoms with E-state index in [0.29, 0.717) is 0 Å². The third kappa shape index (κ3) is 2.82. The molecule has 14 heavy (non-hydrogen) atoms. The third-order valence-electron chi connectivity index (χ3n) is 2.39. The van der Waals surface area contributed by atoms with Crippen molar-refractivity contribution >= 4 is 0 Å². The highest BCUT2D eigenvalue weighted by Crippen LogP contribution is 2.21. The van der Waals surface area contributed by atoms with Gasteiger partial charge in [-0.05, 0) is 31.4 Å². The van der Waals surface area contributed by atoms with Crippen molar-refractivity contribution in [3.05, 3.63) is 35.4 Å². The predicted octanol–water partition coefficient (Wildman–Crippen LogP) is 2.28. The van der Waals surface area contributed by atoms with Crippen molar-refractivity contribution in [2.24, 2.45) is 5.73 Å². The van der Waals surface area contributed by atoms with Gasteiger partial charge in [-0.3, -0.25) is 0 Å². The van der Waals surface area contributed by atoms with E-state index in [-0.39, 0.29) is 12.1 Å². The van der Waals surface area contributed by atoms with Crippen LogP contribution in [0.15, 0.2) is 24.3 Å². The molecule has 1 aromatic rings. The predicted molar refractivity (Wildman–Crippen MR) is 59.2 cm³/mol. The maximum atomic E-state index is 5.79. The molecule has 2 heteroatoms. The lowest BCUT2D eigenvalue weighted by atomic mass is 9.98. The van der Waals surface area contributed by atoms with Crippen molar-refractivity contribution in [2.75, 3.05) is 7.11 Å². The summed E-state index contributed by atoms with van der Waals surface area (Å²) in [6.07, 6.45) is 1.05. The Kier molecular flexibility index (Phi) is 4.11.